The van der Waals surface area contributed by atoms with Crippen LogP contribution in [0.5, 0.6) is 0 Å². The topological polar surface area (TPSA) is 82.9 Å². The van der Waals surface area contributed by atoms with Crippen molar-refractivity contribution in [2.45, 2.75) is 18.6 Å². The predicted molar refractivity (Wildman–Crippen MR) is 108 cm³/mol. The molecule has 1 aliphatic heterocycles. The zero-order chi connectivity index (χ0) is 18.5. The first-order valence-corrected chi connectivity index (χ1v) is 9.84. The van der Waals surface area contributed by atoms with Crippen LogP contribution < -0.4 is 10.6 Å². The standard InChI is InChI=1S/C17H15ClN4O2S2/c1-10(13-3-2-8-25-13)21-22-17-20-15(23)9-14(26-17)16(24)19-12-6-4-11(18)5-7-12/h2-8,14H,9H2,1H3,(H,19,24)(H,20,22,23)/b21-10-/t14-/m0/s1. The number of benzene rings is 1. The van der Waals surface area contributed by atoms with Crippen molar-refractivity contribution < 1.29 is 9.59 Å². The molecule has 0 spiro atoms. The molecule has 6 nitrogen and oxygen atoms in total. The van der Waals surface area contributed by atoms with E-state index in [1.165, 1.54) is 11.8 Å². The lowest BCUT2D eigenvalue weighted by molar-refractivity contribution is -0.123. The van der Waals surface area contributed by atoms with Gasteiger partial charge in [0.25, 0.3) is 0 Å². The largest absolute Gasteiger partial charge is 0.325 e. The highest BCUT2D eigenvalue weighted by atomic mass is 35.5. The number of halogens is 1. The van der Waals surface area contributed by atoms with Gasteiger partial charge in [-0.05, 0) is 42.6 Å². The van der Waals surface area contributed by atoms with Crippen molar-refractivity contribution in [2.24, 2.45) is 10.2 Å². The van der Waals surface area contributed by atoms with Crippen molar-refractivity contribution >= 4 is 63.1 Å². The van der Waals surface area contributed by atoms with E-state index in [0.29, 0.717) is 15.9 Å². The molecular weight excluding hydrogens is 392 g/mol. The number of carbonyl (C=O) groups excluding carboxylic acids is 2. The first-order chi connectivity index (χ1) is 12.5. The van der Waals surface area contributed by atoms with Gasteiger partial charge < -0.3 is 10.6 Å². The summed E-state index contributed by atoms with van der Waals surface area (Å²) in [6, 6.07) is 10.7. The van der Waals surface area contributed by atoms with Gasteiger partial charge in [0.15, 0.2) is 5.17 Å². The number of carbonyl (C=O) groups is 2. The SMILES string of the molecule is C/C(=N/N=C1\NC(=O)C[C@@H](C(=O)Nc2ccc(Cl)cc2)S1)c1cccs1. The molecule has 2 amide bonds. The summed E-state index contributed by atoms with van der Waals surface area (Å²) >= 11 is 8.57. The molecule has 0 bridgehead atoms. The molecule has 1 aliphatic rings. The molecule has 1 atom stereocenters. The van der Waals surface area contributed by atoms with Crippen LogP contribution in [0.2, 0.25) is 5.02 Å². The fraction of sp³-hybridized carbons (Fsp3) is 0.176. The fourth-order valence-electron chi connectivity index (χ4n) is 2.15. The molecule has 1 saturated heterocycles. The molecule has 1 aromatic heterocycles. The molecule has 0 saturated carbocycles. The van der Waals surface area contributed by atoms with E-state index in [9.17, 15) is 9.59 Å². The van der Waals surface area contributed by atoms with Crippen molar-refractivity contribution in [3.8, 4) is 0 Å². The number of anilines is 1. The molecule has 2 aromatic rings. The number of thiophene rings is 1. The average Bonchev–Trinajstić information content (AvgIpc) is 3.16. The summed E-state index contributed by atoms with van der Waals surface area (Å²) in [6.07, 6.45) is 0.0801. The summed E-state index contributed by atoms with van der Waals surface area (Å²) in [7, 11) is 0. The van der Waals surface area contributed by atoms with E-state index >= 15 is 0 Å². The molecule has 3 rings (SSSR count). The maximum Gasteiger partial charge on any atom is 0.238 e. The second-order valence-electron chi connectivity index (χ2n) is 5.42. The molecule has 2 N–H and O–H groups in total. The van der Waals surface area contributed by atoms with Crippen LogP contribution in [0.4, 0.5) is 5.69 Å². The van der Waals surface area contributed by atoms with Gasteiger partial charge in [-0.25, -0.2) is 0 Å². The number of amidine groups is 1. The highest BCUT2D eigenvalue weighted by molar-refractivity contribution is 8.15. The first kappa shape index (κ1) is 18.6. The van der Waals surface area contributed by atoms with E-state index in [0.717, 1.165) is 10.6 Å². The van der Waals surface area contributed by atoms with Crippen molar-refractivity contribution in [2.75, 3.05) is 5.32 Å². The van der Waals surface area contributed by atoms with Crippen LogP contribution in [-0.2, 0) is 9.59 Å². The molecule has 134 valence electrons. The Morgan fingerprint density at radius 2 is 2.08 bits per heavy atom. The zero-order valence-corrected chi connectivity index (χ0v) is 16.1. The minimum atomic E-state index is -0.574. The van der Waals surface area contributed by atoms with E-state index in [2.05, 4.69) is 20.8 Å². The smallest absolute Gasteiger partial charge is 0.238 e. The second-order valence-corrected chi connectivity index (χ2v) is 8.00. The Bertz CT molecular complexity index is 863. The zero-order valence-electron chi connectivity index (χ0n) is 13.7. The molecule has 1 aromatic carbocycles. The van der Waals surface area contributed by atoms with Crippen LogP contribution >= 0.6 is 34.7 Å². The monoisotopic (exact) mass is 406 g/mol. The van der Waals surface area contributed by atoms with Gasteiger partial charge in [0.2, 0.25) is 11.8 Å². The number of rotatable bonds is 4. The van der Waals surface area contributed by atoms with E-state index in [4.69, 9.17) is 11.6 Å². The Balaban J connectivity index is 1.68. The second kappa shape index (κ2) is 8.48. The number of hydrogen-bond donors (Lipinski definition) is 2. The average molecular weight is 407 g/mol. The van der Waals surface area contributed by atoms with Crippen molar-refractivity contribution in [1.82, 2.24) is 5.32 Å². The third-order valence-corrected chi connectivity index (χ3v) is 5.75. The number of amides is 2. The van der Waals surface area contributed by atoms with Gasteiger partial charge in [-0.1, -0.05) is 29.4 Å². The van der Waals surface area contributed by atoms with Crippen LogP contribution in [-0.4, -0.2) is 27.9 Å². The Morgan fingerprint density at radius 1 is 1.31 bits per heavy atom. The quantitative estimate of drug-likeness (QED) is 0.599. The van der Waals surface area contributed by atoms with E-state index in [-0.39, 0.29) is 18.2 Å². The third kappa shape index (κ3) is 4.94. The van der Waals surface area contributed by atoms with E-state index in [1.54, 1.807) is 35.6 Å². The molecule has 0 aliphatic carbocycles. The van der Waals surface area contributed by atoms with Gasteiger partial charge in [-0.15, -0.1) is 16.4 Å². The lowest BCUT2D eigenvalue weighted by Gasteiger charge is -2.21. The summed E-state index contributed by atoms with van der Waals surface area (Å²) in [5, 5.41) is 15.9. The Morgan fingerprint density at radius 3 is 2.77 bits per heavy atom. The van der Waals surface area contributed by atoms with E-state index < -0.39 is 5.25 Å². The Kier molecular flexibility index (Phi) is 6.08. The predicted octanol–water partition coefficient (Wildman–Crippen LogP) is 3.74. The van der Waals surface area contributed by atoms with E-state index in [1.807, 2.05) is 24.4 Å². The Labute approximate surface area is 163 Å². The maximum atomic E-state index is 12.4. The van der Waals surface area contributed by atoms with Gasteiger partial charge in [0.1, 0.15) is 5.25 Å². The third-order valence-electron chi connectivity index (χ3n) is 3.44. The fourth-order valence-corrected chi connectivity index (χ4v) is 3.88. The van der Waals surface area contributed by atoms with Gasteiger partial charge in [0.05, 0.1) is 10.6 Å². The van der Waals surface area contributed by atoms with Crippen molar-refractivity contribution in [3.63, 3.8) is 0 Å². The van der Waals surface area contributed by atoms with Crippen LogP contribution in [0, 0.1) is 0 Å². The van der Waals surface area contributed by atoms with Crippen LogP contribution in [0.3, 0.4) is 0 Å². The maximum absolute atomic E-state index is 12.4. The normalized spacial score (nSPS) is 19.3. The minimum Gasteiger partial charge on any atom is -0.325 e. The van der Waals surface area contributed by atoms with Gasteiger partial charge in [0, 0.05) is 17.1 Å². The lowest BCUT2D eigenvalue weighted by atomic mass is 10.2. The highest BCUT2D eigenvalue weighted by Crippen LogP contribution is 2.23. The summed E-state index contributed by atoms with van der Waals surface area (Å²) in [4.78, 5) is 25.3. The molecule has 2 heterocycles. The number of nitrogens with one attached hydrogen (secondary N) is 2. The molecule has 0 radical (unpaired) electrons. The summed E-state index contributed by atoms with van der Waals surface area (Å²) in [6.45, 7) is 1.84. The molecule has 9 heteroatoms. The number of hydrogen-bond acceptors (Lipinski definition) is 6. The number of nitrogens with zero attached hydrogens (tertiary/aromatic N) is 2. The first-order valence-electron chi connectivity index (χ1n) is 7.70. The highest BCUT2D eigenvalue weighted by Gasteiger charge is 2.30. The Hall–Kier alpha value is -2.16. The van der Waals surface area contributed by atoms with Crippen LogP contribution in [0.1, 0.15) is 18.2 Å². The van der Waals surface area contributed by atoms with Gasteiger partial charge >= 0.3 is 0 Å². The minimum absolute atomic E-state index is 0.0801. The molecular formula is C17H15ClN4O2S2. The van der Waals surface area contributed by atoms with Crippen molar-refractivity contribution in [1.29, 1.82) is 0 Å². The van der Waals surface area contributed by atoms with Crippen molar-refractivity contribution in [3.05, 3.63) is 51.7 Å². The lowest BCUT2D eigenvalue weighted by Crippen LogP contribution is -2.41. The summed E-state index contributed by atoms with van der Waals surface area (Å²) in [5.74, 6) is -0.526. The number of thioether (sulfide) groups is 1. The van der Waals surface area contributed by atoms with Crippen LogP contribution in [0.25, 0.3) is 0 Å². The molecule has 0 unspecified atom stereocenters. The summed E-state index contributed by atoms with van der Waals surface area (Å²) < 4.78 is 0. The summed E-state index contributed by atoms with van der Waals surface area (Å²) in [5.41, 5.74) is 1.37. The van der Waals surface area contributed by atoms with Crippen LogP contribution in [0.15, 0.2) is 52.0 Å². The van der Waals surface area contributed by atoms with Gasteiger partial charge in [-0.2, -0.15) is 5.10 Å². The molecule has 26 heavy (non-hydrogen) atoms. The van der Waals surface area contributed by atoms with Gasteiger partial charge in [-0.3, -0.25) is 9.59 Å². The molecule has 1 fully saturated rings.